The van der Waals surface area contributed by atoms with Crippen molar-refractivity contribution in [2.45, 2.75) is 51.2 Å². The lowest BCUT2D eigenvalue weighted by atomic mass is 10.1. The molecule has 3 N–H and O–H groups in total. The van der Waals surface area contributed by atoms with Crippen LogP contribution in [0.15, 0.2) is 38.2 Å². The molecule has 0 radical (unpaired) electrons. The first kappa shape index (κ1) is 25.7. The second kappa shape index (κ2) is 9.22. The molecule has 1 amide bonds. The molecule has 3 aromatic rings. The first-order chi connectivity index (χ1) is 16.8. The van der Waals surface area contributed by atoms with E-state index < -0.39 is 33.2 Å². The first-order valence-electron chi connectivity index (χ1n) is 10.8. The van der Waals surface area contributed by atoms with E-state index in [1.807, 2.05) is 0 Å². The lowest BCUT2D eigenvalue weighted by molar-refractivity contribution is 0.0316. The van der Waals surface area contributed by atoms with E-state index in [1.54, 1.807) is 45.0 Å². The number of nitrogens with zero attached hydrogens (tertiary/aromatic N) is 5. The van der Waals surface area contributed by atoms with Gasteiger partial charge in [-0.2, -0.15) is 12.7 Å². The van der Waals surface area contributed by atoms with Crippen LogP contribution in [-0.4, -0.2) is 56.5 Å². The van der Waals surface area contributed by atoms with E-state index in [4.69, 9.17) is 30.6 Å². The largest absolute Gasteiger partial charge is 0.446 e. The van der Waals surface area contributed by atoms with Gasteiger partial charge in [-0.05, 0) is 68.5 Å². The summed E-state index contributed by atoms with van der Waals surface area (Å²) in [5.41, 5.74) is -1.50. The molecule has 2 heterocycles. The fourth-order valence-electron chi connectivity index (χ4n) is 3.68. The number of carbonyl (C=O) groups excluding carboxylic acids is 1. The molecule has 0 unspecified atom stereocenters. The summed E-state index contributed by atoms with van der Waals surface area (Å²) in [4.78, 5) is 25.0. The Balaban J connectivity index is 1.53. The Morgan fingerprint density at radius 2 is 2.03 bits per heavy atom. The van der Waals surface area contributed by atoms with Gasteiger partial charge < -0.3 is 10.1 Å². The molecule has 1 aromatic carbocycles. The van der Waals surface area contributed by atoms with E-state index >= 15 is 0 Å². The van der Waals surface area contributed by atoms with Crippen LogP contribution in [0, 0.1) is 0 Å². The number of aromatic nitrogens is 4. The average Bonchev–Trinajstić information content (AvgIpc) is 3.17. The lowest BCUT2D eigenvalue weighted by Crippen LogP contribution is -2.51. The van der Waals surface area contributed by atoms with E-state index in [9.17, 15) is 18.0 Å². The van der Waals surface area contributed by atoms with E-state index in [-0.39, 0.29) is 30.3 Å². The minimum Gasteiger partial charge on any atom is -0.443 e. The van der Waals surface area contributed by atoms with E-state index in [0.717, 1.165) is 4.57 Å². The Labute approximate surface area is 210 Å². The van der Waals surface area contributed by atoms with Gasteiger partial charge in [0.25, 0.3) is 0 Å². The number of nitrogens with one attached hydrogen (secondary N) is 1. The van der Waals surface area contributed by atoms with Crippen LogP contribution in [-0.2, 0) is 14.9 Å². The fourth-order valence-corrected chi connectivity index (χ4v) is 4.92. The normalized spacial score (nSPS) is 14.9. The van der Waals surface area contributed by atoms with Gasteiger partial charge in [-0.3, -0.25) is 4.52 Å². The van der Waals surface area contributed by atoms with Crippen LogP contribution in [0.3, 0.4) is 0 Å². The van der Waals surface area contributed by atoms with Gasteiger partial charge >= 0.3 is 22.1 Å². The third-order valence-electron chi connectivity index (χ3n) is 5.33. The van der Waals surface area contributed by atoms with Crippen molar-refractivity contribution in [3.63, 3.8) is 0 Å². The molecule has 14 nitrogen and oxygen atoms in total. The average molecular weight is 542 g/mol. The molecule has 0 spiro atoms. The molecule has 4 rings (SSSR count). The molecular formula is C20H24ClN7O7S. The molecule has 194 valence electrons. The summed E-state index contributed by atoms with van der Waals surface area (Å²) in [6.45, 7) is 5.02. The second-order valence-corrected chi connectivity index (χ2v) is 11.1. The Bertz CT molecular complexity index is 1440. The van der Waals surface area contributed by atoms with E-state index in [0.29, 0.717) is 27.9 Å². The monoisotopic (exact) mass is 541 g/mol. The maximum atomic E-state index is 12.6. The number of ether oxygens (including phenoxy) is 1. The highest BCUT2D eigenvalue weighted by Crippen LogP contribution is 2.46. The number of anilines is 1. The predicted octanol–water partition coefficient (Wildman–Crippen LogP) is 2.30. The summed E-state index contributed by atoms with van der Waals surface area (Å²) >= 11 is 6.04. The van der Waals surface area contributed by atoms with Crippen LogP contribution in [0.1, 0.15) is 40.0 Å². The summed E-state index contributed by atoms with van der Waals surface area (Å²) in [6.07, 6.45) is -0.0356. The molecule has 0 aliphatic heterocycles. The fraction of sp³-hybridized carbons (Fsp3) is 0.450. The van der Waals surface area contributed by atoms with Crippen LogP contribution in [0.4, 0.5) is 10.6 Å². The maximum Gasteiger partial charge on any atom is 0.446 e. The quantitative estimate of drug-likeness (QED) is 0.425. The summed E-state index contributed by atoms with van der Waals surface area (Å²) in [5.74, 6) is -0.652. The topological polar surface area (TPSA) is 189 Å². The molecular weight excluding hydrogens is 518 g/mol. The number of amides is 1. The van der Waals surface area contributed by atoms with Crippen molar-refractivity contribution in [2.75, 3.05) is 11.9 Å². The van der Waals surface area contributed by atoms with Crippen molar-refractivity contribution in [3.05, 3.63) is 39.8 Å². The molecule has 1 aliphatic rings. The molecule has 16 heteroatoms. The smallest absolute Gasteiger partial charge is 0.443 e. The van der Waals surface area contributed by atoms with Gasteiger partial charge in [0.1, 0.15) is 5.60 Å². The Morgan fingerprint density at radius 1 is 1.31 bits per heavy atom. The van der Waals surface area contributed by atoms with E-state index in [1.165, 1.54) is 0 Å². The number of hydrogen-bond donors (Lipinski definition) is 2. The van der Waals surface area contributed by atoms with Gasteiger partial charge in [-0.15, -0.1) is 0 Å². The standard InChI is InChI=1S/C20H24ClN7O7S/c1-19(2,3)33-18(30)28(36(22,31)32)20(7-8-20)9-10-23-15-14(24-35-25-15)16-26-34-17(29)27(16)13-6-4-5-12(21)11-13/h4-6,11H,7-10H2,1-3H3,(H,23,25)(H2,22,31,32). The van der Waals surface area contributed by atoms with Gasteiger partial charge in [-0.1, -0.05) is 22.8 Å². The Kier molecular flexibility index (Phi) is 6.57. The number of carbonyl (C=O) groups is 1. The van der Waals surface area contributed by atoms with E-state index in [2.05, 4.69) is 20.8 Å². The van der Waals surface area contributed by atoms with Gasteiger partial charge in [-0.25, -0.2) is 23.9 Å². The minimum absolute atomic E-state index is 0.00655. The molecule has 36 heavy (non-hydrogen) atoms. The zero-order valence-electron chi connectivity index (χ0n) is 19.6. The number of benzene rings is 1. The Morgan fingerprint density at radius 3 is 2.64 bits per heavy atom. The van der Waals surface area contributed by atoms with Crippen molar-refractivity contribution >= 4 is 33.7 Å². The lowest BCUT2D eigenvalue weighted by Gasteiger charge is -2.31. The third kappa shape index (κ3) is 5.37. The zero-order chi connectivity index (χ0) is 26.3. The first-order valence-corrected chi connectivity index (χ1v) is 12.7. The highest BCUT2D eigenvalue weighted by atomic mass is 35.5. The molecule has 0 bridgehead atoms. The number of hydrogen-bond acceptors (Lipinski definition) is 11. The molecule has 1 saturated carbocycles. The van der Waals surface area contributed by atoms with Crippen LogP contribution in [0.25, 0.3) is 17.2 Å². The minimum atomic E-state index is -4.39. The van der Waals surface area contributed by atoms with Crippen LogP contribution in [0.5, 0.6) is 0 Å². The van der Waals surface area contributed by atoms with Crippen LogP contribution < -0.4 is 16.2 Å². The van der Waals surface area contributed by atoms with Gasteiger partial charge in [0.05, 0.1) is 11.2 Å². The summed E-state index contributed by atoms with van der Waals surface area (Å²) < 4.78 is 41.2. The number of nitrogens with two attached hydrogens (primary N) is 1. The number of rotatable bonds is 8. The van der Waals surface area contributed by atoms with Crippen LogP contribution in [0.2, 0.25) is 5.02 Å². The zero-order valence-corrected chi connectivity index (χ0v) is 21.2. The van der Waals surface area contributed by atoms with Crippen molar-refractivity contribution in [1.82, 2.24) is 24.3 Å². The van der Waals surface area contributed by atoms with Crippen molar-refractivity contribution in [3.8, 4) is 17.2 Å². The van der Waals surface area contributed by atoms with Crippen molar-refractivity contribution < 1.29 is 27.1 Å². The molecule has 0 atom stereocenters. The molecule has 0 saturated heterocycles. The second-order valence-electron chi connectivity index (χ2n) is 9.24. The summed E-state index contributed by atoms with van der Waals surface area (Å²) in [6, 6.07) is 6.46. The predicted molar refractivity (Wildman–Crippen MR) is 127 cm³/mol. The molecule has 1 fully saturated rings. The molecule has 2 aromatic heterocycles. The van der Waals surface area contributed by atoms with Gasteiger partial charge in [0.2, 0.25) is 11.6 Å². The number of halogens is 1. The molecule has 1 aliphatic carbocycles. The Hall–Kier alpha value is -3.43. The van der Waals surface area contributed by atoms with Crippen molar-refractivity contribution in [1.29, 1.82) is 0 Å². The summed E-state index contributed by atoms with van der Waals surface area (Å²) in [5, 5.41) is 20.1. The van der Waals surface area contributed by atoms with Crippen LogP contribution >= 0.6 is 11.6 Å². The van der Waals surface area contributed by atoms with Gasteiger partial charge in [0, 0.05) is 11.6 Å². The highest BCUT2D eigenvalue weighted by Gasteiger charge is 2.55. The van der Waals surface area contributed by atoms with Crippen molar-refractivity contribution in [2.24, 2.45) is 5.14 Å². The van der Waals surface area contributed by atoms with Gasteiger partial charge in [0.15, 0.2) is 5.69 Å². The SMILES string of the molecule is CC(C)(C)OC(=O)N(C1(CCNc2nonc2-c2noc(=O)n2-c2cccc(Cl)c2)CC1)S(N)(=O)=O. The maximum absolute atomic E-state index is 12.6. The highest BCUT2D eigenvalue weighted by molar-refractivity contribution is 7.87. The third-order valence-corrected chi connectivity index (χ3v) is 6.61. The summed E-state index contributed by atoms with van der Waals surface area (Å²) in [7, 11) is -4.39.